The van der Waals surface area contributed by atoms with E-state index in [1.807, 2.05) is 4.98 Å². The van der Waals surface area contributed by atoms with Crippen LogP contribution in [0, 0.1) is 16.7 Å². The Balaban J connectivity index is 1.91. The molecule has 7 heteroatoms. The maximum Gasteiger partial charge on any atom is 0.342 e. The van der Waals surface area contributed by atoms with Gasteiger partial charge in [0.25, 0.3) is 11.5 Å². The minimum atomic E-state index is -0.730. The molecule has 2 fully saturated rings. The second kappa shape index (κ2) is 4.29. The minimum Gasteiger partial charge on any atom is -0.336 e. The molecule has 2 aliphatic rings. The van der Waals surface area contributed by atoms with Crippen LogP contribution >= 0.6 is 0 Å². The van der Waals surface area contributed by atoms with Crippen molar-refractivity contribution in [3.8, 4) is 0 Å². The van der Waals surface area contributed by atoms with Crippen molar-refractivity contribution in [2.75, 3.05) is 13.1 Å². The van der Waals surface area contributed by atoms with Gasteiger partial charge in [-0.2, -0.15) is 5.10 Å². The lowest BCUT2D eigenvalue weighted by molar-refractivity contribution is -0.0111. The summed E-state index contributed by atoms with van der Waals surface area (Å²) in [6.07, 6.45) is 2.19. The summed E-state index contributed by atoms with van der Waals surface area (Å²) in [6, 6.07) is 0. The smallest absolute Gasteiger partial charge is 0.336 e. The molecule has 21 heavy (non-hydrogen) atoms. The van der Waals surface area contributed by atoms with Crippen LogP contribution in [0.5, 0.6) is 0 Å². The van der Waals surface area contributed by atoms with Gasteiger partial charge in [-0.3, -0.25) is 14.6 Å². The Morgan fingerprint density at radius 2 is 2.05 bits per heavy atom. The summed E-state index contributed by atoms with van der Waals surface area (Å²) in [6.45, 7) is 7.99. The maximum atomic E-state index is 12.5. The molecule has 2 N–H and O–H groups in total. The highest BCUT2D eigenvalue weighted by atomic mass is 16.2. The molecule has 1 saturated heterocycles. The zero-order valence-corrected chi connectivity index (χ0v) is 12.5. The van der Waals surface area contributed by atoms with Gasteiger partial charge in [-0.1, -0.05) is 20.8 Å². The molecule has 1 aromatic heterocycles. The number of carbonyl (C=O) groups is 1. The third-order valence-corrected chi connectivity index (χ3v) is 5.80. The van der Waals surface area contributed by atoms with Crippen molar-refractivity contribution in [1.29, 1.82) is 0 Å². The SMILES string of the molecule is CC1(C)[C@@H]2CC[C@@]1(C)CN(C(=O)c1n[nH]c(=O)[nH]c1=O)C2. The van der Waals surface area contributed by atoms with E-state index in [0.29, 0.717) is 19.0 Å². The third-order valence-electron chi connectivity index (χ3n) is 5.80. The van der Waals surface area contributed by atoms with E-state index < -0.39 is 17.2 Å². The number of carbonyl (C=O) groups excluding carboxylic acids is 1. The van der Waals surface area contributed by atoms with Gasteiger partial charge in [-0.05, 0) is 29.6 Å². The van der Waals surface area contributed by atoms with Crippen LogP contribution in [0.1, 0.15) is 44.1 Å². The average molecular weight is 292 g/mol. The van der Waals surface area contributed by atoms with E-state index in [9.17, 15) is 14.4 Å². The Morgan fingerprint density at radius 3 is 2.67 bits per heavy atom. The van der Waals surface area contributed by atoms with E-state index in [-0.39, 0.29) is 16.5 Å². The van der Waals surface area contributed by atoms with E-state index in [4.69, 9.17) is 0 Å². The van der Waals surface area contributed by atoms with Gasteiger partial charge in [-0.25, -0.2) is 9.89 Å². The van der Waals surface area contributed by atoms with E-state index in [1.54, 1.807) is 4.90 Å². The third kappa shape index (κ3) is 1.94. The average Bonchev–Trinajstić information content (AvgIpc) is 2.55. The summed E-state index contributed by atoms with van der Waals surface area (Å²) in [5, 5.41) is 5.73. The number of amides is 1. The number of hydrogen-bond donors (Lipinski definition) is 2. The van der Waals surface area contributed by atoms with Crippen molar-refractivity contribution in [1.82, 2.24) is 20.1 Å². The second-order valence-corrected chi connectivity index (χ2v) is 7.06. The molecule has 0 aromatic carbocycles. The second-order valence-electron chi connectivity index (χ2n) is 7.06. The predicted octanol–water partition coefficient (Wildman–Crippen LogP) is 0.357. The van der Waals surface area contributed by atoms with Crippen LogP contribution in [0.15, 0.2) is 9.59 Å². The van der Waals surface area contributed by atoms with Crippen LogP contribution in [0.3, 0.4) is 0 Å². The number of H-pyrrole nitrogens is 2. The zero-order chi connectivity index (χ0) is 15.4. The monoisotopic (exact) mass is 292 g/mol. The molecular formula is C14H20N4O3. The molecule has 3 rings (SSSR count). The number of likely N-dealkylation sites (tertiary alicyclic amines) is 1. The molecule has 1 saturated carbocycles. The summed E-state index contributed by atoms with van der Waals surface area (Å²) in [4.78, 5) is 39.0. The van der Waals surface area contributed by atoms with Crippen LogP contribution in [0.4, 0.5) is 0 Å². The quantitative estimate of drug-likeness (QED) is 0.780. The Labute approximate surface area is 121 Å². The Kier molecular flexibility index (Phi) is 2.86. The number of fused-ring (bicyclic) bond motifs is 2. The predicted molar refractivity (Wildman–Crippen MR) is 76.0 cm³/mol. The Hall–Kier alpha value is -1.92. The molecule has 2 atom stereocenters. The Bertz CT molecular complexity index is 705. The molecule has 1 aliphatic carbocycles. The van der Waals surface area contributed by atoms with Crippen LogP contribution in [-0.2, 0) is 0 Å². The molecule has 2 heterocycles. The summed E-state index contributed by atoms with van der Waals surface area (Å²) >= 11 is 0. The van der Waals surface area contributed by atoms with Gasteiger partial charge in [0.1, 0.15) is 0 Å². The van der Waals surface area contributed by atoms with Crippen molar-refractivity contribution in [2.45, 2.75) is 33.6 Å². The summed E-state index contributed by atoms with van der Waals surface area (Å²) in [7, 11) is 0. The van der Waals surface area contributed by atoms with Gasteiger partial charge < -0.3 is 4.90 Å². The first-order chi connectivity index (χ1) is 9.74. The number of rotatable bonds is 1. The molecule has 0 spiro atoms. The normalized spacial score (nSPS) is 30.4. The lowest BCUT2D eigenvalue weighted by Gasteiger charge is -2.50. The highest BCUT2D eigenvalue weighted by Gasteiger charge is 2.56. The van der Waals surface area contributed by atoms with Gasteiger partial charge in [0.05, 0.1) is 0 Å². The number of piperidine rings is 1. The van der Waals surface area contributed by atoms with E-state index in [1.165, 1.54) is 0 Å². The first-order valence-corrected chi connectivity index (χ1v) is 7.23. The maximum absolute atomic E-state index is 12.5. The van der Waals surface area contributed by atoms with E-state index in [0.717, 1.165) is 12.8 Å². The molecule has 1 aromatic rings. The largest absolute Gasteiger partial charge is 0.342 e. The molecule has 1 amide bonds. The lowest BCUT2D eigenvalue weighted by atomic mass is 9.63. The first kappa shape index (κ1) is 14.0. The molecular weight excluding hydrogens is 272 g/mol. The fourth-order valence-corrected chi connectivity index (χ4v) is 3.82. The standard InChI is InChI=1S/C14H20N4O3/c1-13(2)8-4-5-14(13,3)7-18(6-8)11(20)9-10(19)15-12(21)17-16-9/h8H,4-7H2,1-3H3,(H2,15,17,19,21)/t8-,14+/m1/s1. The lowest BCUT2D eigenvalue weighted by Crippen LogP contribution is -2.54. The molecule has 7 nitrogen and oxygen atoms in total. The van der Waals surface area contributed by atoms with Crippen molar-refractivity contribution >= 4 is 5.91 Å². The van der Waals surface area contributed by atoms with Gasteiger partial charge in [0.15, 0.2) is 0 Å². The van der Waals surface area contributed by atoms with Gasteiger partial charge >= 0.3 is 5.69 Å². The Morgan fingerprint density at radius 1 is 1.33 bits per heavy atom. The van der Waals surface area contributed by atoms with Gasteiger partial charge in [0, 0.05) is 13.1 Å². The van der Waals surface area contributed by atoms with E-state index >= 15 is 0 Å². The number of nitrogens with one attached hydrogen (secondary N) is 2. The fourth-order valence-electron chi connectivity index (χ4n) is 3.82. The molecule has 0 unspecified atom stereocenters. The van der Waals surface area contributed by atoms with Crippen LogP contribution in [0.2, 0.25) is 0 Å². The van der Waals surface area contributed by atoms with Crippen LogP contribution in [-0.4, -0.2) is 39.1 Å². The summed E-state index contributed by atoms with van der Waals surface area (Å²) in [5.74, 6) is 0.0307. The van der Waals surface area contributed by atoms with Crippen molar-refractivity contribution < 1.29 is 4.79 Å². The number of nitrogens with zero attached hydrogens (tertiary/aromatic N) is 2. The van der Waals surface area contributed by atoms with Crippen LogP contribution in [0.25, 0.3) is 0 Å². The molecule has 114 valence electrons. The van der Waals surface area contributed by atoms with Crippen molar-refractivity contribution in [3.63, 3.8) is 0 Å². The number of hydrogen-bond acceptors (Lipinski definition) is 4. The zero-order valence-electron chi connectivity index (χ0n) is 12.5. The van der Waals surface area contributed by atoms with Gasteiger partial charge in [-0.15, -0.1) is 0 Å². The highest BCUT2D eigenvalue weighted by molar-refractivity contribution is 5.91. The molecule has 0 radical (unpaired) electrons. The molecule has 2 bridgehead atoms. The summed E-state index contributed by atoms with van der Waals surface area (Å²) < 4.78 is 0. The minimum absolute atomic E-state index is 0.0561. The first-order valence-electron chi connectivity index (χ1n) is 7.23. The fraction of sp³-hybridized carbons (Fsp3) is 0.714. The number of aromatic amines is 2. The topological polar surface area (TPSA) is 98.9 Å². The van der Waals surface area contributed by atoms with Crippen molar-refractivity contribution in [2.24, 2.45) is 16.7 Å². The van der Waals surface area contributed by atoms with Crippen molar-refractivity contribution in [3.05, 3.63) is 26.5 Å². The number of aromatic nitrogens is 3. The van der Waals surface area contributed by atoms with Crippen LogP contribution < -0.4 is 11.2 Å². The van der Waals surface area contributed by atoms with Gasteiger partial charge in [0.2, 0.25) is 5.69 Å². The summed E-state index contributed by atoms with van der Waals surface area (Å²) in [5.41, 5.74) is -1.43. The molecule has 1 aliphatic heterocycles. The van der Waals surface area contributed by atoms with E-state index in [2.05, 4.69) is 31.0 Å². The highest BCUT2D eigenvalue weighted by Crippen LogP contribution is 2.58.